The highest BCUT2D eigenvalue weighted by molar-refractivity contribution is 5.95. The third kappa shape index (κ3) is 4.22. The van der Waals surface area contributed by atoms with Crippen molar-refractivity contribution in [2.45, 2.75) is 40.0 Å². The SMILES string of the molecule is CCC(=O)c1ccc(OCC(CC)CC)cc1. The van der Waals surface area contributed by atoms with E-state index in [9.17, 15) is 4.79 Å². The fourth-order valence-corrected chi connectivity index (χ4v) is 1.68. The zero-order valence-electron chi connectivity index (χ0n) is 11.0. The average Bonchev–Trinajstić information content (AvgIpc) is 2.39. The van der Waals surface area contributed by atoms with Crippen LogP contribution in [-0.2, 0) is 0 Å². The fourth-order valence-electron chi connectivity index (χ4n) is 1.68. The minimum atomic E-state index is 0.177. The number of benzene rings is 1. The van der Waals surface area contributed by atoms with Crippen LogP contribution in [-0.4, -0.2) is 12.4 Å². The summed E-state index contributed by atoms with van der Waals surface area (Å²) < 4.78 is 5.71. The van der Waals surface area contributed by atoms with Gasteiger partial charge in [-0.1, -0.05) is 33.6 Å². The monoisotopic (exact) mass is 234 g/mol. The molecule has 0 aliphatic carbocycles. The first-order valence-electron chi connectivity index (χ1n) is 6.47. The predicted molar refractivity (Wildman–Crippen MR) is 70.6 cm³/mol. The third-order valence-electron chi connectivity index (χ3n) is 3.14. The molecule has 0 fully saturated rings. The molecule has 1 aromatic carbocycles. The van der Waals surface area contributed by atoms with Gasteiger partial charge in [-0.3, -0.25) is 4.79 Å². The maximum Gasteiger partial charge on any atom is 0.162 e. The lowest BCUT2D eigenvalue weighted by Crippen LogP contribution is -2.10. The van der Waals surface area contributed by atoms with Gasteiger partial charge in [0.05, 0.1) is 6.61 Å². The number of hydrogen-bond donors (Lipinski definition) is 0. The Bertz CT molecular complexity index is 336. The standard InChI is InChI=1S/C15H22O2/c1-4-12(5-2)11-17-14-9-7-13(8-10-14)15(16)6-3/h7-10,12H,4-6,11H2,1-3H3. The van der Waals surface area contributed by atoms with E-state index >= 15 is 0 Å². The second kappa shape index (κ2) is 7.10. The predicted octanol–water partition coefficient (Wildman–Crippen LogP) is 4.09. The van der Waals surface area contributed by atoms with Crippen LogP contribution in [0, 0.1) is 5.92 Å². The van der Waals surface area contributed by atoms with E-state index in [4.69, 9.17) is 4.74 Å². The fraction of sp³-hybridized carbons (Fsp3) is 0.533. The van der Waals surface area contributed by atoms with Crippen LogP contribution in [0.3, 0.4) is 0 Å². The number of carbonyl (C=O) groups is 1. The van der Waals surface area contributed by atoms with Crippen molar-refractivity contribution in [1.29, 1.82) is 0 Å². The summed E-state index contributed by atoms with van der Waals surface area (Å²) in [7, 11) is 0. The molecule has 2 heteroatoms. The molecule has 1 rings (SSSR count). The lowest BCUT2D eigenvalue weighted by molar-refractivity contribution is 0.0988. The Kier molecular flexibility index (Phi) is 5.75. The van der Waals surface area contributed by atoms with Crippen LogP contribution in [0.5, 0.6) is 5.75 Å². The first kappa shape index (κ1) is 13.8. The zero-order valence-corrected chi connectivity index (χ0v) is 11.0. The van der Waals surface area contributed by atoms with E-state index in [1.807, 2.05) is 31.2 Å². The summed E-state index contributed by atoms with van der Waals surface area (Å²) in [6.07, 6.45) is 2.83. The van der Waals surface area contributed by atoms with Gasteiger partial charge in [0, 0.05) is 12.0 Å². The summed E-state index contributed by atoms with van der Waals surface area (Å²) in [5.41, 5.74) is 0.766. The molecule has 94 valence electrons. The van der Waals surface area contributed by atoms with E-state index < -0.39 is 0 Å². The number of carbonyl (C=O) groups excluding carboxylic acids is 1. The number of Topliss-reactive ketones (excluding diaryl/α,β-unsaturated/α-hetero) is 1. The summed E-state index contributed by atoms with van der Waals surface area (Å²) in [5, 5.41) is 0. The van der Waals surface area contributed by atoms with Crippen LogP contribution in [0.1, 0.15) is 50.4 Å². The van der Waals surface area contributed by atoms with Crippen molar-refractivity contribution in [3.63, 3.8) is 0 Å². The van der Waals surface area contributed by atoms with E-state index in [1.54, 1.807) is 0 Å². The van der Waals surface area contributed by atoms with Gasteiger partial charge in [-0.05, 0) is 30.2 Å². The molecule has 0 amide bonds. The second-order valence-electron chi connectivity index (χ2n) is 4.29. The van der Waals surface area contributed by atoms with Crippen molar-refractivity contribution < 1.29 is 9.53 Å². The van der Waals surface area contributed by atoms with Gasteiger partial charge >= 0.3 is 0 Å². The minimum Gasteiger partial charge on any atom is -0.493 e. The van der Waals surface area contributed by atoms with Crippen molar-refractivity contribution in [3.8, 4) is 5.75 Å². The Labute approximate surface area is 104 Å². The summed E-state index contributed by atoms with van der Waals surface area (Å²) in [6, 6.07) is 7.44. The first-order chi connectivity index (χ1) is 8.21. The lowest BCUT2D eigenvalue weighted by Gasteiger charge is -2.13. The minimum absolute atomic E-state index is 0.177. The van der Waals surface area contributed by atoms with E-state index in [2.05, 4.69) is 13.8 Å². The van der Waals surface area contributed by atoms with Gasteiger partial charge in [0.25, 0.3) is 0 Å². The average molecular weight is 234 g/mol. The molecule has 0 aromatic heterocycles. The molecule has 0 unspecified atom stereocenters. The summed E-state index contributed by atoms with van der Waals surface area (Å²) in [5.74, 6) is 1.65. The van der Waals surface area contributed by atoms with Crippen LogP contribution < -0.4 is 4.74 Å². The zero-order chi connectivity index (χ0) is 12.7. The number of hydrogen-bond acceptors (Lipinski definition) is 2. The van der Waals surface area contributed by atoms with Gasteiger partial charge in [-0.15, -0.1) is 0 Å². The van der Waals surface area contributed by atoms with Gasteiger partial charge in [0.15, 0.2) is 5.78 Å². The maximum absolute atomic E-state index is 11.4. The van der Waals surface area contributed by atoms with Gasteiger partial charge in [-0.2, -0.15) is 0 Å². The molecule has 0 radical (unpaired) electrons. The van der Waals surface area contributed by atoms with Crippen LogP contribution in [0.2, 0.25) is 0 Å². The molecular formula is C15H22O2. The van der Waals surface area contributed by atoms with Crippen LogP contribution in [0.4, 0.5) is 0 Å². The molecule has 0 aliphatic rings. The van der Waals surface area contributed by atoms with Gasteiger partial charge < -0.3 is 4.74 Å². The number of ketones is 1. The smallest absolute Gasteiger partial charge is 0.162 e. The molecule has 0 N–H and O–H groups in total. The molecule has 2 nitrogen and oxygen atoms in total. The molecular weight excluding hydrogens is 212 g/mol. The first-order valence-corrected chi connectivity index (χ1v) is 6.47. The molecule has 0 heterocycles. The molecule has 0 saturated carbocycles. The van der Waals surface area contributed by atoms with E-state index in [1.165, 1.54) is 0 Å². The van der Waals surface area contributed by atoms with E-state index in [-0.39, 0.29) is 5.78 Å². The highest BCUT2D eigenvalue weighted by Gasteiger charge is 2.06. The Balaban J connectivity index is 2.53. The highest BCUT2D eigenvalue weighted by Crippen LogP contribution is 2.16. The van der Waals surface area contributed by atoms with Crippen LogP contribution in [0.25, 0.3) is 0 Å². The Morgan fingerprint density at radius 3 is 2.18 bits per heavy atom. The van der Waals surface area contributed by atoms with Gasteiger partial charge in [0.2, 0.25) is 0 Å². The van der Waals surface area contributed by atoms with Gasteiger partial charge in [-0.25, -0.2) is 0 Å². The van der Waals surface area contributed by atoms with Crippen molar-refractivity contribution in [2.75, 3.05) is 6.61 Å². The summed E-state index contributed by atoms with van der Waals surface area (Å²) in [4.78, 5) is 11.4. The molecule has 0 aliphatic heterocycles. The lowest BCUT2D eigenvalue weighted by atomic mass is 10.1. The summed E-state index contributed by atoms with van der Waals surface area (Å²) in [6.45, 7) is 7.00. The maximum atomic E-state index is 11.4. The Morgan fingerprint density at radius 2 is 1.71 bits per heavy atom. The number of ether oxygens (including phenoxy) is 1. The normalized spacial score (nSPS) is 10.6. The van der Waals surface area contributed by atoms with Crippen LogP contribution in [0.15, 0.2) is 24.3 Å². The van der Waals surface area contributed by atoms with Crippen LogP contribution >= 0.6 is 0 Å². The third-order valence-corrected chi connectivity index (χ3v) is 3.14. The quantitative estimate of drug-likeness (QED) is 0.664. The molecule has 1 aromatic rings. The molecule has 0 bridgehead atoms. The Morgan fingerprint density at radius 1 is 1.12 bits per heavy atom. The van der Waals surface area contributed by atoms with Crippen molar-refractivity contribution in [2.24, 2.45) is 5.92 Å². The molecule has 0 saturated heterocycles. The second-order valence-corrected chi connectivity index (χ2v) is 4.29. The van der Waals surface area contributed by atoms with Crippen molar-refractivity contribution in [1.82, 2.24) is 0 Å². The largest absolute Gasteiger partial charge is 0.493 e. The van der Waals surface area contributed by atoms with Crippen molar-refractivity contribution >= 4 is 5.78 Å². The van der Waals surface area contributed by atoms with E-state index in [0.717, 1.165) is 30.8 Å². The number of rotatable bonds is 7. The molecule has 17 heavy (non-hydrogen) atoms. The highest BCUT2D eigenvalue weighted by atomic mass is 16.5. The molecule has 0 spiro atoms. The molecule has 0 atom stereocenters. The van der Waals surface area contributed by atoms with Crippen molar-refractivity contribution in [3.05, 3.63) is 29.8 Å². The van der Waals surface area contributed by atoms with Gasteiger partial charge in [0.1, 0.15) is 5.75 Å². The summed E-state index contributed by atoms with van der Waals surface area (Å²) >= 11 is 0. The Hall–Kier alpha value is -1.31. The topological polar surface area (TPSA) is 26.3 Å². The van der Waals surface area contributed by atoms with E-state index in [0.29, 0.717) is 12.3 Å².